The molecule has 0 saturated heterocycles. The molecule has 0 radical (unpaired) electrons. The van der Waals surface area contributed by atoms with Crippen LogP contribution in [0.15, 0.2) is 18.5 Å². The van der Waals surface area contributed by atoms with Crippen LogP contribution in [0.25, 0.3) is 6.08 Å². The van der Waals surface area contributed by atoms with Gasteiger partial charge in [-0.2, -0.15) is 10.4 Å². The molecular weight excluding hydrogens is 162 g/mol. The van der Waals surface area contributed by atoms with Gasteiger partial charge in [0, 0.05) is 17.8 Å². The van der Waals surface area contributed by atoms with Crippen molar-refractivity contribution in [3.8, 4) is 6.07 Å². The van der Waals surface area contributed by atoms with Crippen LogP contribution in [0.3, 0.4) is 0 Å². The minimum Gasteiger partial charge on any atom is -0.270 e. The summed E-state index contributed by atoms with van der Waals surface area (Å²) in [4.78, 5) is 0. The highest BCUT2D eigenvalue weighted by Crippen LogP contribution is 2.06. The fourth-order valence-electron chi connectivity index (χ4n) is 0.969. The summed E-state index contributed by atoms with van der Waals surface area (Å²) in [6, 6.07) is 2.44. The predicted octanol–water partition coefficient (Wildman–Crippen LogP) is 2.39. The van der Waals surface area contributed by atoms with E-state index >= 15 is 0 Å². The van der Waals surface area contributed by atoms with E-state index in [-0.39, 0.29) is 0 Å². The van der Waals surface area contributed by atoms with Gasteiger partial charge in [0.15, 0.2) is 0 Å². The van der Waals surface area contributed by atoms with E-state index in [0.29, 0.717) is 12.5 Å². The predicted molar refractivity (Wildman–Crippen MR) is 51.9 cm³/mol. The molecule has 0 saturated carbocycles. The van der Waals surface area contributed by atoms with Crippen molar-refractivity contribution in [2.45, 2.75) is 26.3 Å². The first-order chi connectivity index (χ1) is 6.24. The lowest BCUT2D eigenvalue weighted by Gasteiger charge is -2.02. The van der Waals surface area contributed by atoms with Crippen molar-refractivity contribution in [1.82, 2.24) is 9.78 Å². The van der Waals surface area contributed by atoms with Gasteiger partial charge in [0.2, 0.25) is 0 Å². The number of hydrogen-bond donors (Lipinski definition) is 0. The second-order valence-corrected chi connectivity index (χ2v) is 3.11. The largest absolute Gasteiger partial charge is 0.270 e. The highest BCUT2D eigenvalue weighted by molar-refractivity contribution is 5.46. The van der Waals surface area contributed by atoms with Crippen molar-refractivity contribution in [3.05, 3.63) is 24.0 Å². The van der Waals surface area contributed by atoms with E-state index in [0.717, 1.165) is 5.56 Å². The highest BCUT2D eigenvalue weighted by Gasteiger charge is 1.97. The monoisotopic (exact) mass is 175 g/mol. The van der Waals surface area contributed by atoms with Crippen molar-refractivity contribution in [3.63, 3.8) is 0 Å². The number of aromatic nitrogens is 2. The summed E-state index contributed by atoms with van der Waals surface area (Å²) in [6.45, 7) is 4.16. The molecule has 0 aliphatic heterocycles. The molecular formula is C10H13N3. The number of rotatable bonds is 3. The quantitative estimate of drug-likeness (QED) is 0.707. The van der Waals surface area contributed by atoms with Gasteiger partial charge in [-0.1, -0.05) is 12.2 Å². The van der Waals surface area contributed by atoms with Crippen molar-refractivity contribution in [2.24, 2.45) is 0 Å². The molecule has 68 valence electrons. The van der Waals surface area contributed by atoms with Crippen LogP contribution in [-0.4, -0.2) is 9.78 Å². The van der Waals surface area contributed by atoms with Crippen LogP contribution in [0.1, 0.15) is 31.9 Å². The Labute approximate surface area is 78.3 Å². The third-order valence-electron chi connectivity index (χ3n) is 1.67. The summed E-state index contributed by atoms with van der Waals surface area (Å²) in [6.07, 6.45) is 7.97. The van der Waals surface area contributed by atoms with Gasteiger partial charge in [0.05, 0.1) is 18.7 Å². The summed E-state index contributed by atoms with van der Waals surface area (Å²) in [5.41, 5.74) is 1.05. The molecule has 13 heavy (non-hydrogen) atoms. The molecule has 3 heteroatoms. The Hall–Kier alpha value is -1.56. The minimum absolute atomic E-state index is 0.387. The molecule has 0 aliphatic rings. The number of allylic oxidation sites excluding steroid dienone is 1. The van der Waals surface area contributed by atoms with Gasteiger partial charge in [-0.3, -0.25) is 4.68 Å². The van der Waals surface area contributed by atoms with Gasteiger partial charge in [0.1, 0.15) is 0 Å². The van der Waals surface area contributed by atoms with Crippen LogP contribution in [0.2, 0.25) is 0 Å². The third-order valence-corrected chi connectivity index (χ3v) is 1.67. The summed E-state index contributed by atoms with van der Waals surface area (Å²) in [5, 5.41) is 12.5. The van der Waals surface area contributed by atoms with Gasteiger partial charge in [-0.15, -0.1) is 0 Å². The molecule has 0 fully saturated rings. The van der Waals surface area contributed by atoms with E-state index in [1.807, 2.05) is 23.0 Å². The molecule has 1 rings (SSSR count). The van der Waals surface area contributed by atoms with E-state index in [1.165, 1.54) is 0 Å². The first-order valence-corrected chi connectivity index (χ1v) is 4.31. The SMILES string of the molecule is CC(C)n1cc(C=CCC#N)cn1. The van der Waals surface area contributed by atoms with Crippen LogP contribution in [-0.2, 0) is 0 Å². The average Bonchev–Trinajstić information content (AvgIpc) is 2.53. The Balaban J connectivity index is 2.65. The zero-order valence-electron chi connectivity index (χ0n) is 7.94. The maximum absolute atomic E-state index is 8.32. The minimum atomic E-state index is 0.387. The maximum Gasteiger partial charge on any atom is 0.0663 e. The number of nitriles is 1. The zero-order chi connectivity index (χ0) is 9.68. The second-order valence-electron chi connectivity index (χ2n) is 3.11. The molecule has 0 aromatic carbocycles. The molecule has 0 N–H and O–H groups in total. The fraction of sp³-hybridized carbons (Fsp3) is 0.400. The highest BCUT2D eigenvalue weighted by atomic mass is 15.3. The van der Waals surface area contributed by atoms with Gasteiger partial charge in [-0.05, 0) is 13.8 Å². The Kier molecular flexibility index (Phi) is 3.27. The Morgan fingerprint density at radius 1 is 1.69 bits per heavy atom. The molecule has 0 bridgehead atoms. The first-order valence-electron chi connectivity index (χ1n) is 4.31. The molecule has 1 heterocycles. The van der Waals surface area contributed by atoms with E-state index < -0.39 is 0 Å². The Morgan fingerprint density at radius 3 is 3.00 bits per heavy atom. The van der Waals surface area contributed by atoms with E-state index in [4.69, 9.17) is 5.26 Å². The lowest BCUT2D eigenvalue weighted by atomic mass is 10.3. The summed E-state index contributed by atoms with van der Waals surface area (Å²) >= 11 is 0. The Morgan fingerprint density at radius 2 is 2.46 bits per heavy atom. The van der Waals surface area contributed by atoms with Crippen molar-refractivity contribution in [2.75, 3.05) is 0 Å². The maximum atomic E-state index is 8.32. The Bertz CT molecular complexity index is 328. The van der Waals surface area contributed by atoms with Crippen molar-refractivity contribution in [1.29, 1.82) is 5.26 Å². The van der Waals surface area contributed by atoms with Gasteiger partial charge in [-0.25, -0.2) is 0 Å². The normalized spacial score (nSPS) is 10.9. The zero-order valence-corrected chi connectivity index (χ0v) is 7.94. The summed E-state index contributed by atoms with van der Waals surface area (Å²) in [7, 11) is 0. The average molecular weight is 175 g/mol. The van der Waals surface area contributed by atoms with Crippen LogP contribution in [0, 0.1) is 11.3 Å². The number of nitrogens with zero attached hydrogens (tertiary/aromatic N) is 3. The van der Waals surface area contributed by atoms with Gasteiger partial charge >= 0.3 is 0 Å². The molecule has 0 aliphatic carbocycles. The lowest BCUT2D eigenvalue weighted by Crippen LogP contribution is -1.99. The standard InChI is InChI=1S/C10H13N3/c1-9(2)13-8-10(7-12-13)5-3-4-6-11/h3,5,7-9H,4H2,1-2H3. The van der Waals surface area contributed by atoms with Crippen LogP contribution in [0.4, 0.5) is 0 Å². The molecule has 0 unspecified atom stereocenters. The number of hydrogen-bond acceptors (Lipinski definition) is 2. The van der Waals surface area contributed by atoms with E-state index in [1.54, 1.807) is 6.20 Å². The third kappa shape index (κ3) is 2.75. The van der Waals surface area contributed by atoms with Crippen molar-refractivity contribution < 1.29 is 0 Å². The smallest absolute Gasteiger partial charge is 0.0663 e. The van der Waals surface area contributed by atoms with E-state index in [9.17, 15) is 0 Å². The van der Waals surface area contributed by atoms with Gasteiger partial charge in [0.25, 0.3) is 0 Å². The van der Waals surface area contributed by atoms with Crippen molar-refractivity contribution >= 4 is 6.08 Å². The van der Waals surface area contributed by atoms with E-state index in [2.05, 4.69) is 25.0 Å². The molecule has 0 atom stereocenters. The molecule has 1 aromatic heterocycles. The molecule has 0 amide bonds. The second kappa shape index (κ2) is 4.46. The van der Waals surface area contributed by atoms with Crippen LogP contribution in [0.5, 0.6) is 0 Å². The summed E-state index contributed by atoms with van der Waals surface area (Å²) < 4.78 is 1.89. The topological polar surface area (TPSA) is 41.6 Å². The first kappa shape index (κ1) is 9.53. The fourth-order valence-corrected chi connectivity index (χ4v) is 0.969. The molecule has 3 nitrogen and oxygen atoms in total. The molecule has 0 spiro atoms. The van der Waals surface area contributed by atoms with Crippen LogP contribution >= 0.6 is 0 Å². The van der Waals surface area contributed by atoms with Gasteiger partial charge < -0.3 is 0 Å². The summed E-state index contributed by atoms with van der Waals surface area (Å²) in [5.74, 6) is 0. The lowest BCUT2D eigenvalue weighted by molar-refractivity contribution is 0.532. The van der Waals surface area contributed by atoms with Crippen LogP contribution < -0.4 is 0 Å². The molecule has 1 aromatic rings.